The number of carbonyl (C=O) groups is 3. The van der Waals surface area contributed by atoms with Crippen LogP contribution in [0.2, 0.25) is 5.02 Å². The minimum absolute atomic E-state index is 0.197. The Labute approximate surface area is 184 Å². The maximum Gasteiger partial charge on any atom is 0.294 e. The van der Waals surface area contributed by atoms with Gasteiger partial charge in [0.2, 0.25) is 5.91 Å². The van der Waals surface area contributed by atoms with Crippen molar-refractivity contribution in [2.75, 3.05) is 46.1 Å². The van der Waals surface area contributed by atoms with E-state index in [9.17, 15) is 14.4 Å². The zero-order valence-corrected chi connectivity index (χ0v) is 18.4. The van der Waals surface area contributed by atoms with Crippen LogP contribution < -0.4 is 9.47 Å². The van der Waals surface area contributed by atoms with Crippen molar-refractivity contribution in [3.05, 3.63) is 27.6 Å². The Hall–Kier alpha value is -2.23. The third-order valence-electron chi connectivity index (χ3n) is 4.48. The smallest absolute Gasteiger partial charge is 0.294 e. The predicted molar refractivity (Wildman–Crippen MR) is 114 cm³/mol. The van der Waals surface area contributed by atoms with Crippen molar-refractivity contribution >= 4 is 46.5 Å². The average Bonchev–Trinajstić information content (AvgIpc) is 2.99. The van der Waals surface area contributed by atoms with Gasteiger partial charge in [0.25, 0.3) is 11.1 Å². The molecule has 10 heteroatoms. The number of morpholine rings is 1. The standard InChI is InChI=1S/C20H23ClN2O6S/c1-3-28-15-9-13(14(21)11-16(15)29-4-2)10-17-19(25)23(20(26)30-17)12-18(24)22-5-7-27-8-6-22/h9-11H,3-8,12H2,1-2H3/b17-10+. The number of rotatable bonds is 7. The molecule has 1 aromatic rings. The molecule has 0 saturated carbocycles. The highest BCUT2D eigenvalue weighted by atomic mass is 35.5. The zero-order chi connectivity index (χ0) is 21.7. The van der Waals surface area contributed by atoms with Crippen molar-refractivity contribution in [2.45, 2.75) is 13.8 Å². The molecule has 3 amide bonds. The highest BCUT2D eigenvalue weighted by Gasteiger charge is 2.37. The molecular formula is C20H23ClN2O6S. The molecule has 1 aromatic carbocycles. The molecule has 2 aliphatic heterocycles. The summed E-state index contributed by atoms with van der Waals surface area (Å²) in [6.45, 7) is 6.10. The lowest BCUT2D eigenvalue weighted by atomic mass is 10.1. The van der Waals surface area contributed by atoms with Crippen molar-refractivity contribution in [1.29, 1.82) is 0 Å². The summed E-state index contributed by atoms with van der Waals surface area (Å²) in [7, 11) is 0. The number of benzene rings is 1. The Balaban J connectivity index is 1.79. The number of halogens is 1. The molecule has 0 bridgehead atoms. The average molecular weight is 455 g/mol. The summed E-state index contributed by atoms with van der Waals surface area (Å²) < 4.78 is 16.4. The predicted octanol–water partition coefficient (Wildman–Crippen LogP) is 3.03. The van der Waals surface area contributed by atoms with E-state index in [0.29, 0.717) is 61.6 Å². The van der Waals surface area contributed by atoms with Crippen LogP contribution in [0.4, 0.5) is 4.79 Å². The number of imide groups is 1. The molecule has 30 heavy (non-hydrogen) atoms. The van der Waals surface area contributed by atoms with E-state index >= 15 is 0 Å². The second-order valence-corrected chi connectivity index (χ2v) is 7.85. The molecule has 0 aromatic heterocycles. The van der Waals surface area contributed by atoms with Crippen LogP contribution in [-0.4, -0.2) is 72.9 Å². The molecule has 0 radical (unpaired) electrons. The Kier molecular flexibility index (Phi) is 7.63. The molecule has 8 nitrogen and oxygen atoms in total. The van der Waals surface area contributed by atoms with Crippen LogP contribution in [0.5, 0.6) is 11.5 Å². The number of carbonyl (C=O) groups excluding carboxylic acids is 3. The molecule has 0 N–H and O–H groups in total. The minimum Gasteiger partial charge on any atom is -0.490 e. The second-order valence-electron chi connectivity index (χ2n) is 6.45. The number of thioether (sulfide) groups is 1. The number of ether oxygens (including phenoxy) is 3. The molecule has 3 rings (SSSR count). The summed E-state index contributed by atoms with van der Waals surface area (Å²) in [5.74, 6) is 0.205. The summed E-state index contributed by atoms with van der Waals surface area (Å²) in [6, 6.07) is 3.29. The molecular weight excluding hydrogens is 432 g/mol. The lowest BCUT2D eigenvalue weighted by Gasteiger charge is -2.28. The Bertz CT molecular complexity index is 869. The van der Waals surface area contributed by atoms with Gasteiger partial charge in [-0.05, 0) is 43.3 Å². The van der Waals surface area contributed by atoms with Crippen molar-refractivity contribution in [3.8, 4) is 11.5 Å². The lowest BCUT2D eigenvalue weighted by Crippen LogP contribution is -2.46. The highest BCUT2D eigenvalue weighted by Crippen LogP contribution is 2.38. The summed E-state index contributed by atoms with van der Waals surface area (Å²) >= 11 is 7.13. The minimum atomic E-state index is -0.519. The number of amides is 3. The third kappa shape index (κ3) is 5.08. The first-order valence-corrected chi connectivity index (χ1v) is 10.8. The monoisotopic (exact) mass is 454 g/mol. The summed E-state index contributed by atoms with van der Waals surface area (Å²) in [4.78, 5) is 40.3. The molecule has 0 aliphatic carbocycles. The first-order valence-electron chi connectivity index (χ1n) is 9.64. The van der Waals surface area contributed by atoms with Gasteiger partial charge in [-0.25, -0.2) is 0 Å². The largest absolute Gasteiger partial charge is 0.490 e. The maximum absolute atomic E-state index is 12.8. The van der Waals surface area contributed by atoms with Gasteiger partial charge in [-0.1, -0.05) is 11.6 Å². The number of hydrogen-bond acceptors (Lipinski definition) is 7. The molecule has 0 atom stereocenters. The normalized spacial score (nSPS) is 18.3. The Morgan fingerprint density at radius 3 is 2.43 bits per heavy atom. The van der Waals surface area contributed by atoms with E-state index in [1.165, 1.54) is 6.08 Å². The van der Waals surface area contributed by atoms with Crippen LogP contribution in [-0.2, 0) is 14.3 Å². The molecule has 2 fully saturated rings. The topological polar surface area (TPSA) is 85.4 Å². The van der Waals surface area contributed by atoms with Crippen LogP contribution in [0.1, 0.15) is 19.4 Å². The van der Waals surface area contributed by atoms with Crippen molar-refractivity contribution in [3.63, 3.8) is 0 Å². The molecule has 2 heterocycles. The lowest BCUT2D eigenvalue weighted by molar-refractivity contribution is -0.139. The van der Waals surface area contributed by atoms with Crippen LogP contribution in [0.3, 0.4) is 0 Å². The summed E-state index contributed by atoms with van der Waals surface area (Å²) in [5.41, 5.74) is 0.522. The van der Waals surface area contributed by atoms with Crippen LogP contribution in [0, 0.1) is 0 Å². The fourth-order valence-electron chi connectivity index (χ4n) is 3.02. The Morgan fingerprint density at radius 2 is 1.80 bits per heavy atom. The molecule has 162 valence electrons. The second kappa shape index (κ2) is 10.2. The van der Waals surface area contributed by atoms with Crippen molar-refractivity contribution in [1.82, 2.24) is 9.80 Å². The third-order valence-corrected chi connectivity index (χ3v) is 5.71. The van der Waals surface area contributed by atoms with Gasteiger partial charge in [-0.2, -0.15) is 0 Å². The van der Waals surface area contributed by atoms with E-state index in [-0.39, 0.29) is 17.4 Å². The quantitative estimate of drug-likeness (QED) is 0.585. The fourth-order valence-corrected chi connectivity index (χ4v) is 4.06. The zero-order valence-electron chi connectivity index (χ0n) is 16.8. The first-order chi connectivity index (χ1) is 14.4. The van der Waals surface area contributed by atoms with E-state index in [1.54, 1.807) is 17.0 Å². The van der Waals surface area contributed by atoms with Crippen LogP contribution >= 0.6 is 23.4 Å². The van der Waals surface area contributed by atoms with Gasteiger partial charge < -0.3 is 19.1 Å². The number of nitrogens with zero attached hydrogens (tertiary/aromatic N) is 2. The van der Waals surface area contributed by atoms with E-state index in [1.807, 2.05) is 13.8 Å². The molecule has 0 unspecified atom stereocenters. The first kappa shape index (κ1) is 22.5. The van der Waals surface area contributed by atoms with Gasteiger partial charge >= 0.3 is 0 Å². The van der Waals surface area contributed by atoms with Gasteiger partial charge in [-0.3, -0.25) is 19.3 Å². The summed E-state index contributed by atoms with van der Waals surface area (Å²) in [6.07, 6.45) is 1.53. The van der Waals surface area contributed by atoms with E-state index < -0.39 is 11.1 Å². The Morgan fingerprint density at radius 1 is 1.17 bits per heavy atom. The van der Waals surface area contributed by atoms with Gasteiger partial charge in [0.15, 0.2) is 11.5 Å². The maximum atomic E-state index is 12.8. The van der Waals surface area contributed by atoms with Gasteiger partial charge in [0, 0.05) is 19.2 Å². The highest BCUT2D eigenvalue weighted by molar-refractivity contribution is 8.18. The van der Waals surface area contributed by atoms with E-state index in [0.717, 1.165) is 16.7 Å². The van der Waals surface area contributed by atoms with Gasteiger partial charge in [-0.15, -0.1) is 0 Å². The fraction of sp³-hybridized carbons (Fsp3) is 0.450. The molecule has 2 saturated heterocycles. The van der Waals surface area contributed by atoms with Crippen LogP contribution in [0.15, 0.2) is 17.0 Å². The van der Waals surface area contributed by atoms with Crippen molar-refractivity contribution in [2.24, 2.45) is 0 Å². The van der Waals surface area contributed by atoms with E-state index in [2.05, 4.69) is 0 Å². The molecule has 2 aliphatic rings. The van der Waals surface area contributed by atoms with Crippen LogP contribution in [0.25, 0.3) is 6.08 Å². The van der Waals surface area contributed by atoms with Gasteiger partial charge in [0.1, 0.15) is 6.54 Å². The van der Waals surface area contributed by atoms with E-state index in [4.69, 9.17) is 25.8 Å². The number of hydrogen-bond donors (Lipinski definition) is 0. The SMILES string of the molecule is CCOc1cc(Cl)c(/C=C2/SC(=O)N(CC(=O)N3CCOCC3)C2=O)cc1OCC. The molecule has 0 spiro atoms. The van der Waals surface area contributed by atoms with Gasteiger partial charge in [0.05, 0.1) is 36.4 Å². The summed E-state index contributed by atoms with van der Waals surface area (Å²) in [5, 5.41) is -0.127. The van der Waals surface area contributed by atoms with Crippen molar-refractivity contribution < 1.29 is 28.6 Å².